The lowest BCUT2D eigenvalue weighted by molar-refractivity contribution is -0.138. The fourth-order valence-corrected chi connectivity index (χ4v) is 4.00. The summed E-state index contributed by atoms with van der Waals surface area (Å²) >= 11 is 0. The summed E-state index contributed by atoms with van der Waals surface area (Å²) in [5.74, 6) is -1.56. The van der Waals surface area contributed by atoms with Crippen molar-refractivity contribution in [1.82, 2.24) is 15.3 Å². The minimum Gasteiger partial charge on any atom is -0.322 e. The lowest BCUT2D eigenvalue weighted by Gasteiger charge is -2.35. The fourth-order valence-electron chi connectivity index (χ4n) is 4.00. The Labute approximate surface area is 184 Å². The second-order valence-corrected chi connectivity index (χ2v) is 7.60. The molecule has 1 saturated heterocycles. The molecule has 2 N–H and O–H groups in total. The summed E-state index contributed by atoms with van der Waals surface area (Å²) in [6.07, 6.45) is 5.56. The van der Waals surface area contributed by atoms with Crippen molar-refractivity contribution in [1.29, 1.82) is 0 Å². The normalized spacial score (nSPS) is 18.2. The number of imide groups is 1. The first-order valence-corrected chi connectivity index (χ1v) is 10.3. The number of pyridine rings is 2. The second kappa shape index (κ2) is 8.66. The number of anilines is 1. The smallest absolute Gasteiger partial charge is 0.257 e. The Kier molecular flexibility index (Phi) is 5.77. The number of rotatable bonds is 5. The van der Waals surface area contributed by atoms with Crippen LogP contribution in [-0.4, -0.2) is 27.7 Å². The van der Waals surface area contributed by atoms with Gasteiger partial charge in [-0.15, -0.1) is 0 Å². The summed E-state index contributed by atoms with van der Waals surface area (Å²) < 4.78 is 14.2. The minimum absolute atomic E-state index is 0.0677. The molecule has 0 aliphatic carbocycles. The van der Waals surface area contributed by atoms with Gasteiger partial charge in [0.25, 0.3) is 5.91 Å². The maximum absolute atomic E-state index is 14.2. The third-order valence-corrected chi connectivity index (χ3v) is 5.84. The minimum atomic E-state index is -0.774. The average Bonchev–Trinajstić information content (AvgIpc) is 2.80. The number of hydrogen-bond acceptors (Lipinski definition) is 5. The summed E-state index contributed by atoms with van der Waals surface area (Å²) in [5, 5.41) is 5.21. The van der Waals surface area contributed by atoms with Crippen LogP contribution in [0, 0.1) is 5.82 Å². The summed E-state index contributed by atoms with van der Waals surface area (Å²) in [6.45, 7) is 1.91. The van der Waals surface area contributed by atoms with Gasteiger partial charge in [0.1, 0.15) is 11.5 Å². The molecule has 3 amide bonds. The van der Waals surface area contributed by atoms with Crippen LogP contribution in [0.3, 0.4) is 0 Å². The van der Waals surface area contributed by atoms with Gasteiger partial charge in [0, 0.05) is 36.3 Å². The van der Waals surface area contributed by atoms with E-state index in [2.05, 4.69) is 20.6 Å². The maximum atomic E-state index is 14.2. The van der Waals surface area contributed by atoms with E-state index in [-0.39, 0.29) is 29.5 Å². The molecule has 1 aliphatic heterocycles. The van der Waals surface area contributed by atoms with Crippen LogP contribution in [0.2, 0.25) is 0 Å². The molecule has 1 fully saturated rings. The number of aromatic nitrogens is 2. The number of halogens is 1. The second-order valence-electron chi connectivity index (χ2n) is 7.60. The van der Waals surface area contributed by atoms with Gasteiger partial charge in [-0.3, -0.25) is 29.7 Å². The van der Waals surface area contributed by atoms with Gasteiger partial charge in [0.2, 0.25) is 11.8 Å². The van der Waals surface area contributed by atoms with Gasteiger partial charge in [0.05, 0.1) is 11.0 Å². The predicted molar refractivity (Wildman–Crippen MR) is 116 cm³/mol. The van der Waals surface area contributed by atoms with Gasteiger partial charge in [-0.05, 0) is 48.7 Å². The highest BCUT2D eigenvalue weighted by molar-refractivity contribution is 6.08. The van der Waals surface area contributed by atoms with E-state index >= 15 is 0 Å². The number of amides is 3. The first-order chi connectivity index (χ1) is 15.4. The molecule has 8 heteroatoms. The molecule has 0 spiro atoms. The van der Waals surface area contributed by atoms with Gasteiger partial charge in [-0.1, -0.05) is 19.1 Å². The molecule has 7 nitrogen and oxygen atoms in total. The Balaban J connectivity index is 1.58. The third kappa shape index (κ3) is 3.87. The van der Waals surface area contributed by atoms with E-state index in [1.807, 2.05) is 6.92 Å². The van der Waals surface area contributed by atoms with E-state index < -0.39 is 17.1 Å². The van der Waals surface area contributed by atoms with Crippen LogP contribution in [-0.2, 0) is 15.0 Å². The van der Waals surface area contributed by atoms with Crippen molar-refractivity contribution in [2.45, 2.75) is 31.6 Å². The number of nitrogens with zero attached hydrogens (tertiary/aromatic N) is 2. The van der Waals surface area contributed by atoms with Crippen molar-refractivity contribution in [2.75, 3.05) is 5.32 Å². The molecule has 1 aromatic carbocycles. The number of piperidine rings is 1. The lowest BCUT2D eigenvalue weighted by Crippen LogP contribution is -2.51. The van der Waals surface area contributed by atoms with E-state index in [4.69, 9.17) is 0 Å². The zero-order valence-electron chi connectivity index (χ0n) is 17.4. The highest BCUT2D eigenvalue weighted by Crippen LogP contribution is 2.36. The number of carbonyl (C=O) groups excluding carboxylic acids is 3. The molecule has 162 valence electrons. The molecular formula is C24H21FN4O3. The highest BCUT2D eigenvalue weighted by Gasteiger charge is 2.42. The van der Waals surface area contributed by atoms with E-state index in [0.29, 0.717) is 24.1 Å². The first kappa shape index (κ1) is 21.3. The molecule has 0 saturated carbocycles. The van der Waals surface area contributed by atoms with Gasteiger partial charge in [0.15, 0.2) is 0 Å². The molecule has 2 aromatic heterocycles. The van der Waals surface area contributed by atoms with Crippen molar-refractivity contribution in [2.24, 2.45) is 0 Å². The van der Waals surface area contributed by atoms with Crippen molar-refractivity contribution < 1.29 is 18.8 Å². The topological polar surface area (TPSA) is 101 Å². The summed E-state index contributed by atoms with van der Waals surface area (Å²) in [5.41, 5.74) is 1.10. The standard InChI is InChI=1S/C24H21FN4O3/c1-2-24(11-9-20(30)29-23(24)32)15-5-7-16(8-6-15)28-22(31)18-14-26-13-10-17(18)21-19(25)4-3-12-27-21/h3-8,10,12-14H,2,9,11H2,1H3,(H,28,31)(H,29,30,32). The van der Waals surface area contributed by atoms with Crippen molar-refractivity contribution in [3.63, 3.8) is 0 Å². The molecular weight excluding hydrogens is 411 g/mol. The molecule has 0 bridgehead atoms. The zero-order chi connectivity index (χ0) is 22.7. The summed E-state index contributed by atoms with van der Waals surface area (Å²) in [6, 6.07) is 11.2. The first-order valence-electron chi connectivity index (χ1n) is 10.3. The SMILES string of the molecule is CCC1(c2ccc(NC(=O)c3cnccc3-c3ncccc3F)cc2)CCC(=O)NC1=O. The van der Waals surface area contributed by atoms with Crippen LogP contribution >= 0.6 is 0 Å². The summed E-state index contributed by atoms with van der Waals surface area (Å²) in [4.78, 5) is 45.1. The van der Waals surface area contributed by atoms with Crippen LogP contribution < -0.4 is 10.6 Å². The van der Waals surface area contributed by atoms with Crippen molar-refractivity contribution in [3.8, 4) is 11.3 Å². The maximum Gasteiger partial charge on any atom is 0.257 e. The molecule has 3 aromatic rings. The van der Waals surface area contributed by atoms with Crippen LogP contribution in [0.5, 0.6) is 0 Å². The third-order valence-electron chi connectivity index (χ3n) is 5.84. The van der Waals surface area contributed by atoms with E-state index in [1.54, 1.807) is 24.3 Å². The van der Waals surface area contributed by atoms with Crippen molar-refractivity contribution >= 4 is 23.4 Å². The van der Waals surface area contributed by atoms with Crippen LogP contribution in [0.1, 0.15) is 42.1 Å². The Morgan fingerprint density at radius 3 is 2.62 bits per heavy atom. The van der Waals surface area contributed by atoms with Crippen molar-refractivity contribution in [3.05, 3.63) is 78.0 Å². The Morgan fingerprint density at radius 2 is 1.94 bits per heavy atom. The molecule has 3 heterocycles. The summed E-state index contributed by atoms with van der Waals surface area (Å²) in [7, 11) is 0. The number of nitrogens with one attached hydrogen (secondary N) is 2. The molecule has 1 unspecified atom stereocenters. The number of benzene rings is 1. The van der Waals surface area contributed by atoms with Crippen LogP contribution in [0.4, 0.5) is 10.1 Å². The molecule has 4 rings (SSSR count). The largest absolute Gasteiger partial charge is 0.322 e. The Morgan fingerprint density at radius 1 is 1.16 bits per heavy atom. The molecule has 0 radical (unpaired) electrons. The highest BCUT2D eigenvalue weighted by atomic mass is 19.1. The van der Waals surface area contributed by atoms with Crippen LogP contribution in [0.15, 0.2) is 61.1 Å². The van der Waals surface area contributed by atoms with E-state index in [0.717, 1.165) is 5.56 Å². The predicted octanol–water partition coefficient (Wildman–Crippen LogP) is 3.62. The lowest BCUT2D eigenvalue weighted by atomic mass is 9.72. The van der Waals surface area contributed by atoms with E-state index in [1.165, 1.54) is 36.8 Å². The van der Waals surface area contributed by atoms with Gasteiger partial charge in [-0.2, -0.15) is 0 Å². The molecule has 32 heavy (non-hydrogen) atoms. The number of hydrogen-bond donors (Lipinski definition) is 2. The van der Waals surface area contributed by atoms with Gasteiger partial charge >= 0.3 is 0 Å². The van der Waals surface area contributed by atoms with Gasteiger partial charge < -0.3 is 5.32 Å². The molecule has 1 atom stereocenters. The van der Waals surface area contributed by atoms with Crippen LogP contribution in [0.25, 0.3) is 11.3 Å². The Hall–Kier alpha value is -3.94. The zero-order valence-corrected chi connectivity index (χ0v) is 17.4. The number of carbonyl (C=O) groups is 3. The Bertz CT molecular complexity index is 1200. The average molecular weight is 432 g/mol. The monoisotopic (exact) mass is 432 g/mol. The van der Waals surface area contributed by atoms with Gasteiger partial charge in [-0.25, -0.2) is 4.39 Å². The molecule has 1 aliphatic rings. The quantitative estimate of drug-likeness (QED) is 0.600. The van der Waals surface area contributed by atoms with E-state index in [9.17, 15) is 18.8 Å². The fraction of sp³-hybridized carbons (Fsp3) is 0.208.